The minimum absolute atomic E-state index is 0.254. The second kappa shape index (κ2) is 4.21. The number of aryl methyl sites for hydroxylation is 1. The van der Waals surface area contributed by atoms with Crippen LogP contribution in [0.5, 0.6) is 0 Å². The number of nitrogens with one attached hydrogen (secondary N) is 1. The molecule has 0 amide bonds. The molecular formula is C15H10FN3. The average Bonchev–Trinajstić information content (AvgIpc) is 2.84. The summed E-state index contributed by atoms with van der Waals surface area (Å²) in [6.07, 6.45) is 0. The third-order valence-electron chi connectivity index (χ3n) is 3.06. The molecule has 0 atom stereocenters. The van der Waals surface area contributed by atoms with Gasteiger partial charge < -0.3 is 4.98 Å². The van der Waals surface area contributed by atoms with Crippen molar-refractivity contribution in [3.05, 3.63) is 53.3 Å². The Labute approximate surface area is 109 Å². The maximum absolute atomic E-state index is 13.6. The summed E-state index contributed by atoms with van der Waals surface area (Å²) < 4.78 is 13.6. The van der Waals surface area contributed by atoms with E-state index < -0.39 is 0 Å². The molecule has 4 heteroatoms. The fourth-order valence-electron chi connectivity index (χ4n) is 1.96. The van der Waals surface area contributed by atoms with Crippen LogP contribution in [0.4, 0.5) is 4.39 Å². The molecule has 0 aliphatic rings. The molecule has 0 spiro atoms. The second-order valence-electron chi connectivity index (χ2n) is 4.39. The number of hydrogen-bond acceptors (Lipinski definition) is 2. The van der Waals surface area contributed by atoms with Gasteiger partial charge in [0.1, 0.15) is 11.6 Å². The molecule has 1 aromatic heterocycles. The van der Waals surface area contributed by atoms with Crippen molar-refractivity contribution in [2.75, 3.05) is 0 Å². The molecule has 3 aromatic rings. The first-order chi connectivity index (χ1) is 9.17. The van der Waals surface area contributed by atoms with Crippen LogP contribution in [0.25, 0.3) is 22.4 Å². The van der Waals surface area contributed by atoms with Gasteiger partial charge in [0.15, 0.2) is 0 Å². The summed E-state index contributed by atoms with van der Waals surface area (Å²) in [6, 6.07) is 12.3. The first-order valence-electron chi connectivity index (χ1n) is 5.84. The highest BCUT2D eigenvalue weighted by Crippen LogP contribution is 2.22. The molecule has 0 aliphatic carbocycles. The van der Waals surface area contributed by atoms with Gasteiger partial charge in [-0.15, -0.1) is 0 Å². The maximum atomic E-state index is 13.6. The van der Waals surface area contributed by atoms with Gasteiger partial charge in [0, 0.05) is 5.56 Å². The highest BCUT2D eigenvalue weighted by Gasteiger charge is 2.07. The first-order valence-corrected chi connectivity index (χ1v) is 5.84. The van der Waals surface area contributed by atoms with Crippen molar-refractivity contribution in [2.45, 2.75) is 6.92 Å². The number of hydrogen-bond donors (Lipinski definition) is 1. The molecule has 3 rings (SSSR count). The molecule has 0 bridgehead atoms. The molecular weight excluding hydrogens is 241 g/mol. The predicted octanol–water partition coefficient (Wildman–Crippen LogP) is 3.55. The Bertz CT molecular complexity index is 812. The topological polar surface area (TPSA) is 52.5 Å². The Morgan fingerprint density at radius 2 is 2.05 bits per heavy atom. The van der Waals surface area contributed by atoms with Gasteiger partial charge in [-0.1, -0.05) is 12.1 Å². The standard InChI is InChI=1S/C15H10FN3/c1-9-2-4-11(7-12(9)16)15-18-13-5-3-10(8-17)6-14(13)19-15/h2-7H,1H3,(H,18,19). The van der Waals surface area contributed by atoms with E-state index in [-0.39, 0.29) is 5.82 Å². The molecule has 0 saturated heterocycles. The van der Waals surface area contributed by atoms with Crippen LogP contribution in [0.15, 0.2) is 36.4 Å². The Morgan fingerprint density at radius 1 is 1.21 bits per heavy atom. The van der Waals surface area contributed by atoms with E-state index in [1.807, 2.05) is 6.07 Å². The molecule has 0 fully saturated rings. The number of fused-ring (bicyclic) bond motifs is 1. The molecule has 0 aliphatic heterocycles. The molecule has 2 aromatic carbocycles. The number of halogens is 1. The number of H-pyrrole nitrogens is 1. The van der Waals surface area contributed by atoms with Crippen molar-refractivity contribution in [1.82, 2.24) is 9.97 Å². The zero-order valence-electron chi connectivity index (χ0n) is 10.2. The molecule has 0 unspecified atom stereocenters. The van der Waals surface area contributed by atoms with Gasteiger partial charge in [-0.05, 0) is 36.8 Å². The lowest BCUT2D eigenvalue weighted by Crippen LogP contribution is -1.85. The summed E-state index contributed by atoms with van der Waals surface area (Å²) in [5.41, 5.74) is 3.40. The molecule has 1 heterocycles. The lowest BCUT2D eigenvalue weighted by atomic mass is 10.1. The summed E-state index contributed by atoms with van der Waals surface area (Å²) in [5.74, 6) is 0.347. The van der Waals surface area contributed by atoms with Crippen molar-refractivity contribution in [3.8, 4) is 17.5 Å². The summed E-state index contributed by atoms with van der Waals surface area (Å²) in [7, 11) is 0. The fourth-order valence-corrected chi connectivity index (χ4v) is 1.96. The number of benzene rings is 2. The van der Waals surface area contributed by atoms with E-state index in [9.17, 15) is 4.39 Å². The van der Waals surface area contributed by atoms with E-state index >= 15 is 0 Å². The third-order valence-corrected chi connectivity index (χ3v) is 3.06. The minimum atomic E-state index is -0.254. The van der Waals surface area contributed by atoms with Crippen molar-refractivity contribution in [3.63, 3.8) is 0 Å². The lowest BCUT2D eigenvalue weighted by Gasteiger charge is -1.99. The van der Waals surface area contributed by atoms with Gasteiger partial charge in [0.05, 0.1) is 22.7 Å². The van der Waals surface area contributed by atoms with Crippen LogP contribution in [-0.2, 0) is 0 Å². The zero-order valence-corrected chi connectivity index (χ0v) is 10.2. The van der Waals surface area contributed by atoms with Crippen LogP contribution < -0.4 is 0 Å². The smallest absolute Gasteiger partial charge is 0.138 e. The molecule has 1 N–H and O–H groups in total. The van der Waals surface area contributed by atoms with Crippen LogP contribution in [0.3, 0.4) is 0 Å². The Hall–Kier alpha value is -2.67. The summed E-state index contributed by atoms with van der Waals surface area (Å²) in [4.78, 5) is 7.50. The Balaban J connectivity index is 2.15. The number of nitriles is 1. The van der Waals surface area contributed by atoms with Gasteiger partial charge in [0.25, 0.3) is 0 Å². The van der Waals surface area contributed by atoms with E-state index in [4.69, 9.17) is 5.26 Å². The number of aromatic nitrogens is 2. The SMILES string of the molecule is Cc1ccc(-c2nc3ccc(C#N)cc3[nH]2)cc1F. The molecule has 0 saturated carbocycles. The fraction of sp³-hybridized carbons (Fsp3) is 0.0667. The normalized spacial score (nSPS) is 10.6. The van der Waals surface area contributed by atoms with Crippen molar-refractivity contribution in [1.29, 1.82) is 5.26 Å². The highest BCUT2D eigenvalue weighted by atomic mass is 19.1. The van der Waals surface area contributed by atoms with Gasteiger partial charge in [-0.3, -0.25) is 0 Å². The maximum Gasteiger partial charge on any atom is 0.138 e. The molecule has 19 heavy (non-hydrogen) atoms. The van der Waals surface area contributed by atoms with Crippen LogP contribution in [-0.4, -0.2) is 9.97 Å². The highest BCUT2D eigenvalue weighted by molar-refractivity contribution is 5.80. The van der Waals surface area contributed by atoms with E-state index in [1.165, 1.54) is 6.07 Å². The summed E-state index contributed by atoms with van der Waals surface area (Å²) in [6.45, 7) is 1.72. The van der Waals surface area contributed by atoms with Crippen LogP contribution in [0, 0.1) is 24.1 Å². The van der Waals surface area contributed by atoms with Crippen molar-refractivity contribution < 1.29 is 4.39 Å². The van der Waals surface area contributed by atoms with Crippen LogP contribution >= 0.6 is 0 Å². The Kier molecular flexibility index (Phi) is 2.53. The first kappa shape index (κ1) is 11.4. The summed E-state index contributed by atoms with van der Waals surface area (Å²) in [5, 5.41) is 8.85. The minimum Gasteiger partial charge on any atom is -0.338 e. The van der Waals surface area contributed by atoms with E-state index in [0.717, 1.165) is 11.0 Å². The van der Waals surface area contributed by atoms with Gasteiger partial charge in [-0.25, -0.2) is 9.37 Å². The zero-order chi connectivity index (χ0) is 13.4. The number of imidazole rings is 1. The average molecular weight is 251 g/mol. The van der Waals surface area contributed by atoms with E-state index in [2.05, 4.69) is 16.0 Å². The third kappa shape index (κ3) is 1.95. The van der Waals surface area contributed by atoms with E-state index in [1.54, 1.807) is 31.2 Å². The quantitative estimate of drug-likeness (QED) is 0.719. The van der Waals surface area contributed by atoms with E-state index in [0.29, 0.717) is 22.5 Å². The second-order valence-corrected chi connectivity index (χ2v) is 4.39. The monoisotopic (exact) mass is 251 g/mol. The Morgan fingerprint density at radius 3 is 2.79 bits per heavy atom. The number of aromatic amines is 1. The van der Waals surface area contributed by atoms with Gasteiger partial charge in [-0.2, -0.15) is 5.26 Å². The van der Waals surface area contributed by atoms with Gasteiger partial charge in [0.2, 0.25) is 0 Å². The predicted molar refractivity (Wildman–Crippen MR) is 70.9 cm³/mol. The number of rotatable bonds is 1. The lowest BCUT2D eigenvalue weighted by molar-refractivity contribution is 0.619. The van der Waals surface area contributed by atoms with Crippen LogP contribution in [0.1, 0.15) is 11.1 Å². The van der Waals surface area contributed by atoms with Crippen LogP contribution in [0.2, 0.25) is 0 Å². The molecule has 0 radical (unpaired) electrons. The van der Waals surface area contributed by atoms with Gasteiger partial charge >= 0.3 is 0 Å². The van der Waals surface area contributed by atoms with Crippen molar-refractivity contribution >= 4 is 11.0 Å². The largest absolute Gasteiger partial charge is 0.338 e. The summed E-state index contributed by atoms with van der Waals surface area (Å²) >= 11 is 0. The van der Waals surface area contributed by atoms with Crippen molar-refractivity contribution in [2.24, 2.45) is 0 Å². The molecule has 3 nitrogen and oxygen atoms in total. The molecule has 92 valence electrons. The number of nitrogens with zero attached hydrogens (tertiary/aromatic N) is 2.